The maximum atomic E-state index is 12.5. The van der Waals surface area contributed by atoms with Crippen LogP contribution in [0.2, 0.25) is 0 Å². The quantitative estimate of drug-likeness (QED) is 0.538. The highest BCUT2D eigenvalue weighted by Crippen LogP contribution is 2.31. The number of anilines is 1. The van der Waals surface area contributed by atoms with Gasteiger partial charge in [-0.1, -0.05) is 5.16 Å². The molecule has 0 unspecified atom stereocenters. The Morgan fingerprint density at radius 3 is 2.67 bits per heavy atom. The Kier molecular flexibility index (Phi) is 6.52. The lowest BCUT2D eigenvalue weighted by atomic mass is 10.2. The Balaban J connectivity index is 1.83. The molecule has 0 spiro atoms. The number of benzene rings is 1. The van der Waals surface area contributed by atoms with E-state index in [2.05, 4.69) is 10.5 Å². The van der Waals surface area contributed by atoms with Crippen LogP contribution in [0.4, 0.5) is 5.00 Å². The van der Waals surface area contributed by atoms with Crippen molar-refractivity contribution in [3.8, 4) is 22.9 Å². The number of thiophene rings is 1. The number of ether oxygens (including phenoxy) is 3. The van der Waals surface area contributed by atoms with Gasteiger partial charge in [0.15, 0.2) is 17.3 Å². The van der Waals surface area contributed by atoms with Crippen molar-refractivity contribution in [3.05, 3.63) is 45.8 Å². The van der Waals surface area contributed by atoms with Crippen LogP contribution in [0.3, 0.4) is 0 Å². The number of carbonyl (C=O) groups is 2. The Morgan fingerprint density at radius 1 is 1.20 bits per heavy atom. The van der Waals surface area contributed by atoms with Crippen LogP contribution >= 0.6 is 11.3 Å². The van der Waals surface area contributed by atoms with Crippen molar-refractivity contribution in [1.82, 2.24) is 9.72 Å². The Bertz CT molecular complexity index is 1120. The molecule has 30 heavy (non-hydrogen) atoms. The van der Waals surface area contributed by atoms with Crippen molar-refractivity contribution in [1.29, 1.82) is 0 Å². The lowest BCUT2D eigenvalue weighted by Gasteiger charge is -2.10. The van der Waals surface area contributed by atoms with Gasteiger partial charge < -0.3 is 19.5 Å². The highest BCUT2D eigenvalue weighted by molar-refractivity contribution is 7.14. The van der Waals surface area contributed by atoms with Gasteiger partial charge >= 0.3 is 11.7 Å². The average molecular weight is 433 g/mol. The molecule has 0 atom stereocenters. The predicted molar refractivity (Wildman–Crippen MR) is 108 cm³/mol. The van der Waals surface area contributed by atoms with Crippen LogP contribution in [0.5, 0.6) is 11.5 Å². The third kappa shape index (κ3) is 4.35. The van der Waals surface area contributed by atoms with Crippen LogP contribution in [0.15, 0.2) is 39.0 Å². The fraction of sp³-hybridized carbons (Fsp3) is 0.263. The molecule has 0 radical (unpaired) electrons. The van der Waals surface area contributed by atoms with Gasteiger partial charge in [0.2, 0.25) is 5.91 Å². The number of hydrogen-bond donors (Lipinski definition) is 1. The monoisotopic (exact) mass is 433 g/mol. The third-order valence-electron chi connectivity index (χ3n) is 4.04. The molecule has 2 heterocycles. The van der Waals surface area contributed by atoms with Crippen LogP contribution in [0.25, 0.3) is 11.4 Å². The third-order valence-corrected chi connectivity index (χ3v) is 4.87. The van der Waals surface area contributed by atoms with E-state index in [0.29, 0.717) is 22.1 Å². The number of carbonyl (C=O) groups excluding carboxylic acids is 2. The molecule has 0 fully saturated rings. The first-order chi connectivity index (χ1) is 14.5. The molecule has 0 aliphatic rings. The first-order valence-corrected chi connectivity index (χ1v) is 9.69. The zero-order valence-corrected chi connectivity index (χ0v) is 17.3. The van der Waals surface area contributed by atoms with Crippen molar-refractivity contribution in [2.75, 3.05) is 26.1 Å². The summed E-state index contributed by atoms with van der Waals surface area (Å²) in [6, 6.07) is 6.47. The standard InChI is InChI=1S/C19H19N3O7S/c1-4-28-18(24)12-7-8-30-17(12)20-15(23)10-22-16(21-29-19(22)25)11-5-6-13(26-2)14(9-11)27-3/h5-9H,4,10H2,1-3H3,(H,20,23). The number of hydrogen-bond acceptors (Lipinski definition) is 9. The molecule has 11 heteroatoms. The highest BCUT2D eigenvalue weighted by Gasteiger charge is 2.20. The van der Waals surface area contributed by atoms with Gasteiger partial charge in [0.05, 0.1) is 26.4 Å². The summed E-state index contributed by atoms with van der Waals surface area (Å²) < 4.78 is 21.2. The summed E-state index contributed by atoms with van der Waals surface area (Å²) in [4.78, 5) is 36.6. The van der Waals surface area contributed by atoms with Crippen LogP contribution < -0.4 is 20.5 Å². The van der Waals surface area contributed by atoms with Crippen molar-refractivity contribution >= 4 is 28.2 Å². The minimum absolute atomic E-state index is 0.146. The number of rotatable bonds is 8. The minimum Gasteiger partial charge on any atom is -0.493 e. The number of nitrogens with zero attached hydrogens (tertiary/aromatic N) is 2. The van der Waals surface area contributed by atoms with Gasteiger partial charge in [0, 0.05) is 5.56 Å². The van der Waals surface area contributed by atoms with E-state index in [1.807, 2.05) is 0 Å². The second-order valence-electron chi connectivity index (χ2n) is 5.86. The molecule has 1 N–H and O–H groups in total. The van der Waals surface area contributed by atoms with Crippen molar-refractivity contribution in [2.24, 2.45) is 0 Å². The highest BCUT2D eigenvalue weighted by atomic mass is 32.1. The molecular weight excluding hydrogens is 414 g/mol. The minimum atomic E-state index is -0.799. The summed E-state index contributed by atoms with van der Waals surface area (Å²) in [5.41, 5.74) is 0.739. The second kappa shape index (κ2) is 9.27. The normalized spacial score (nSPS) is 10.5. The summed E-state index contributed by atoms with van der Waals surface area (Å²) >= 11 is 1.17. The van der Waals surface area contributed by atoms with Gasteiger partial charge in [-0.05, 0) is 36.6 Å². The van der Waals surface area contributed by atoms with Gasteiger partial charge in [-0.15, -0.1) is 11.3 Å². The van der Waals surface area contributed by atoms with E-state index in [1.165, 1.54) is 25.6 Å². The van der Waals surface area contributed by atoms with Crippen molar-refractivity contribution < 1.29 is 28.3 Å². The molecule has 2 aromatic heterocycles. The first-order valence-electron chi connectivity index (χ1n) is 8.81. The fourth-order valence-electron chi connectivity index (χ4n) is 2.68. The van der Waals surface area contributed by atoms with E-state index in [0.717, 1.165) is 4.57 Å². The van der Waals surface area contributed by atoms with Gasteiger partial charge in [-0.25, -0.2) is 14.2 Å². The molecule has 1 aromatic carbocycles. The Morgan fingerprint density at radius 2 is 1.97 bits per heavy atom. The average Bonchev–Trinajstić information content (AvgIpc) is 3.34. The summed E-state index contributed by atoms with van der Waals surface area (Å²) in [7, 11) is 2.98. The molecule has 0 bridgehead atoms. The molecule has 3 rings (SSSR count). The smallest absolute Gasteiger partial charge is 0.442 e. The van der Waals surface area contributed by atoms with Gasteiger partial charge in [0.1, 0.15) is 11.5 Å². The van der Waals surface area contributed by atoms with Crippen LogP contribution in [0.1, 0.15) is 17.3 Å². The number of aromatic nitrogens is 2. The SMILES string of the molecule is CCOC(=O)c1ccsc1NC(=O)Cn1c(-c2ccc(OC)c(OC)c2)noc1=O. The fourth-order valence-corrected chi connectivity index (χ4v) is 3.47. The Labute approximate surface area is 175 Å². The van der Waals surface area contributed by atoms with E-state index in [4.69, 9.17) is 18.7 Å². The summed E-state index contributed by atoms with van der Waals surface area (Å²) in [5, 5.41) is 8.37. The van der Waals surface area contributed by atoms with E-state index in [-0.39, 0.29) is 24.5 Å². The van der Waals surface area contributed by atoms with E-state index in [9.17, 15) is 14.4 Å². The molecule has 158 valence electrons. The molecule has 0 aliphatic heterocycles. The molecule has 0 saturated carbocycles. The topological polar surface area (TPSA) is 122 Å². The van der Waals surface area contributed by atoms with Crippen LogP contribution in [-0.2, 0) is 16.1 Å². The molecule has 0 aliphatic carbocycles. The zero-order chi connectivity index (χ0) is 21.7. The number of methoxy groups -OCH3 is 2. The lowest BCUT2D eigenvalue weighted by molar-refractivity contribution is -0.116. The number of amides is 1. The first kappa shape index (κ1) is 21.1. The predicted octanol–water partition coefficient (Wildman–Crippen LogP) is 2.40. The maximum absolute atomic E-state index is 12.5. The van der Waals surface area contributed by atoms with Crippen molar-refractivity contribution in [3.63, 3.8) is 0 Å². The van der Waals surface area contributed by atoms with E-state index in [1.54, 1.807) is 36.6 Å². The van der Waals surface area contributed by atoms with E-state index >= 15 is 0 Å². The molecule has 0 saturated heterocycles. The summed E-state index contributed by atoms with van der Waals surface area (Å²) in [6.45, 7) is 1.54. The number of esters is 1. The summed E-state index contributed by atoms with van der Waals surface area (Å²) in [5.74, 6) is -0.795. The van der Waals surface area contributed by atoms with Crippen molar-refractivity contribution in [2.45, 2.75) is 13.5 Å². The molecular formula is C19H19N3O7S. The summed E-state index contributed by atoms with van der Waals surface area (Å²) in [6.07, 6.45) is 0. The second-order valence-corrected chi connectivity index (χ2v) is 6.78. The maximum Gasteiger partial charge on any atom is 0.442 e. The van der Waals surface area contributed by atoms with E-state index < -0.39 is 17.6 Å². The van der Waals surface area contributed by atoms with Gasteiger partial charge in [-0.2, -0.15) is 0 Å². The number of nitrogens with one attached hydrogen (secondary N) is 1. The molecule has 1 amide bonds. The van der Waals surface area contributed by atoms with Gasteiger partial charge in [-0.3, -0.25) is 9.32 Å². The zero-order valence-electron chi connectivity index (χ0n) is 16.5. The largest absolute Gasteiger partial charge is 0.493 e. The van der Waals surface area contributed by atoms with Crippen LogP contribution in [0, 0.1) is 0 Å². The Hall–Kier alpha value is -3.60. The molecule has 3 aromatic rings. The van der Waals surface area contributed by atoms with Crippen LogP contribution in [-0.4, -0.2) is 42.4 Å². The van der Waals surface area contributed by atoms with Gasteiger partial charge in [0.25, 0.3) is 0 Å². The molecule has 10 nitrogen and oxygen atoms in total. The lowest BCUT2D eigenvalue weighted by Crippen LogP contribution is -2.26.